The first kappa shape index (κ1) is 19.1. The maximum atomic E-state index is 12.0. The van der Waals surface area contributed by atoms with Crippen LogP contribution in [0.15, 0.2) is 41.4 Å². The van der Waals surface area contributed by atoms with Crippen LogP contribution in [0.1, 0.15) is 21.5 Å². The molecule has 0 aliphatic heterocycles. The van der Waals surface area contributed by atoms with Crippen LogP contribution in [0.3, 0.4) is 0 Å². The first-order valence-corrected chi connectivity index (χ1v) is 6.49. The Morgan fingerprint density at radius 1 is 0.870 bits per heavy atom. The Balaban J connectivity index is 0.000000231. The van der Waals surface area contributed by atoms with E-state index in [2.05, 4.69) is 25.9 Å². The maximum absolute atomic E-state index is 12.0. The van der Waals surface area contributed by atoms with Gasteiger partial charge in [-0.2, -0.15) is 26.3 Å². The van der Waals surface area contributed by atoms with Gasteiger partial charge in [0.2, 0.25) is 0 Å². The van der Waals surface area contributed by atoms with Gasteiger partial charge < -0.3 is 0 Å². The summed E-state index contributed by atoms with van der Waals surface area (Å²) in [6.07, 6.45) is -4.56. The minimum absolute atomic E-state index is 0.0347. The Hall–Kier alpha value is -1.97. The van der Waals surface area contributed by atoms with Gasteiger partial charge in [0.1, 0.15) is 0 Å². The number of hydrogen-bond donors (Lipinski definition) is 0. The topological polar surface area (TPSA) is 42.9 Å². The van der Waals surface area contributed by atoms with Crippen molar-refractivity contribution < 1.29 is 31.1 Å². The number of rotatable bonds is 1. The van der Waals surface area contributed by atoms with Crippen molar-refractivity contribution in [2.45, 2.75) is 12.4 Å². The van der Waals surface area contributed by atoms with Crippen molar-refractivity contribution in [3.8, 4) is 0 Å². The summed E-state index contributed by atoms with van der Waals surface area (Å²) in [5.41, 5.74) is -2.09. The van der Waals surface area contributed by atoms with Gasteiger partial charge in [0.25, 0.3) is 0 Å². The van der Waals surface area contributed by atoms with Crippen LogP contribution in [-0.2, 0) is 12.4 Å². The van der Waals surface area contributed by atoms with Crippen molar-refractivity contribution in [2.75, 3.05) is 0 Å². The standard InChI is InChI=1S/C7H4F3NO.C6H3BrF3N/c8-7(9,10)6-1-2-11-3-5(6)4-12;7-5-3-11-2-1-4(5)6(8,9)10/h1-4H;1-3H. The molecule has 0 saturated heterocycles. The molecule has 10 heteroatoms. The van der Waals surface area contributed by atoms with E-state index < -0.39 is 29.0 Å². The molecule has 0 radical (unpaired) electrons. The highest BCUT2D eigenvalue weighted by molar-refractivity contribution is 9.10. The Labute approximate surface area is 134 Å². The monoisotopic (exact) mass is 400 g/mol. The van der Waals surface area contributed by atoms with E-state index >= 15 is 0 Å². The van der Waals surface area contributed by atoms with E-state index in [-0.39, 0.29) is 10.8 Å². The maximum Gasteiger partial charge on any atom is 0.417 e. The number of hydrogen-bond acceptors (Lipinski definition) is 3. The second-order valence-electron chi connectivity index (χ2n) is 3.93. The van der Waals surface area contributed by atoms with Gasteiger partial charge in [0, 0.05) is 34.8 Å². The van der Waals surface area contributed by atoms with Crippen molar-refractivity contribution in [1.82, 2.24) is 9.97 Å². The van der Waals surface area contributed by atoms with Crippen LogP contribution in [0.2, 0.25) is 0 Å². The molecule has 3 nitrogen and oxygen atoms in total. The van der Waals surface area contributed by atoms with Crippen LogP contribution in [0.4, 0.5) is 26.3 Å². The molecule has 2 aromatic heterocycles. The quantitative estimate of drug-likeness (QED) is 0.511. The number of carbonyl (C=O) groups excluding carboxylic acids is 1. The van der Waals surface area contributed by atoms with Gasteiger partial charge in [-0.15, -0.1) is 0 Å². The Bertz CT molecular complexity index is 672. The van der Waals surface area contributed by atoms with Crippen molar-refractivity contribution in [1.29, 1.82) is 0 Å². The molecule has 2 rings (SSSR count). The molecule has 23 heavy (non-hydrogen) atoms. The fourth-order valence-corrected chi connectivity index (χ4v) is 1.84. The van der Waals surface area contributed by atoms with Gasteiger partial charge in [0.05, 0.1) is 11.1 Å². The summed E-state index contributed by atoms with van der Waals surface area (Å²) < 4.78 is 72.1. The molecule has 0 bridgehead atoms. The second kappa shape index (κ2) is 7.53. The zero-order valence-corrected chi connectivity index (χ0v) is 12.6. The molecular weight excluding hydrogens is 394 g/mol. The van der Waals surface area contributed by atoms with E-state index in [0.717, 1.165) is 36.9 Å². The molecule has 0 aliphatic carbocycles. The van der Waals surface area contributed by atoms with Crippen LogP contribution in [0.25, 0.3) is 0 Å². The molecule has 0 aromatic carbocycles. The second-order valence-corrected chi connectivity index (χ2v) is 4.79. The van der Waals surface area contributed by atoms with Gasteiger partial charge in [0.15, 0.2) is 6.29 Å². The molecule has 0 unspecified atom stereocenters. The van der Waals surface area contributed by atoms with E-state index in [4.69, 9.17) is 0 Å². The number of nitrogens with zero attached hydrogens (tertiary/aromatic N) is 2. The molecule has 0 fully saturated rings. The number of pyridine rings is 2. The number of alkyl halides is 6. The molecule has 0 aliphatic rings. The van der Waals surface area contributed by atoms with E-state index in [9.17, 15) is 31.1 Å². The molecular formula is C13H7BrF6N2O. The van der Waals surface area contributed by atoms with E-state index in [0.29, 0.717) is 0 Å². The van der Waals surface area contributed by atoms with Gasteiger partial charge in [-0.3, -0.25) is 14.8 Å². The van der Waals surface area contributed by atoms with Crippen LogP contribution < -0.4 is 0 Å². The fourth-order valence-electron chi connectivity index (χ4n) is 1.36. The molecule has 124 valence electrons. The van der Waals surface area contributed by atoms with Gasteiger partial charge in [-0.05, 0) is 28.1 Å². The third-order valence-electron chi connectivity index (χ3n) is 2.36. The smallest absolute Gasteiger partial charge is 0.298 e. The van der Waals surface area contributed by atoms with Gasteiger partial charge in [-0.1, -0.05) is 0 Å². The van der Waals surface area contributed by atoms with Crippen LogP contribution in [0.5, 0.6) is 0 Å². The lowest BCUT2D eigenvalue weighted by Crippen LogP contribution is -2.08. The zero-order valence-electron chi connectivity index (χ0n) is 11.0. The summed E-state index contributed by atoms with van der Waals surface area (Å²) >= 11 is 2.75. The molecule has 2 aromatic rings. The average Bonchev–Trinajstić information content (AvgIpc) is 2.46. The predicted molar refractivity (Wildman–Crippen MR) is 71.6 cm³/mol. The van der Waals surface area contributed by atoms with E-state index in [1.807, 2.05) is 0 Å². The lowest BCUT2D eigenvalue weighted by Gasteiger charge is -2.07. The number of halogens is 7. The third-order valence-corrected chi connectivity index (χ3v) is 2.99. The van der Waals surface area contributed by atoms with Gasteiger partial charge >= 0.3 is 12.4 Å². The van der Waals surface area contributed by atoms with E-state index in [1.54, 1.807) is 0 Å². The van der Waals surface area contributed by atoms with Crippen LogP contribution in [0, 0.1) is 0 Å². The number of carbonyl (C=O) groups is 1. The fraction of sp³-hybridized carbons (Fsp3) is 0.154. The first-order chi connectivity index (χ1) is 10.6. The zero-order chi connectivity index (χ0) is 17.7. The molecule has 2 heterocycles. The summed E-state index contributed by atoms with van der Waals surface area (Å²) in [5.74, 6) is 0. The van der Waals surface area contributed by atoms with Crippen LogP contribution >= 0.6 is 15.9 Å². The van der Waals surface area contributed by atoms with Crippen LogP contribution in [-0.4, -0.2) is 16.3 Å². The molecule has 0 N–H and O–H groups in total. The summed E-state index contributed by atoms with van der Waals surface area (Å²) in [7, 11) is 0. The van der Waals surface area contributed by atoms with Crippen molar-refractivity contribution in [2.24, 2.45) is 0 Å². The largest absolute Gasteiger partial charge is 0.417 e. The lowest BCUT2D eigenvalue weighted by atomic mass is 10.1. The number of aldehydes is 1. The summed E-state index contributed by atoms with van der Waals surface area (Å²) in [6, 6.07) is 1.69. The highest BCUT2D eigenvalue weighted by Crippen LogP contribution is 2.33. The summed E-state index contributed by atoms with van der Waals surface area (Å²) in [4.78, 5) is 17.0. The van der Waals surface area contributed by atoms with Crippen molar-refractivity contribution in [3.63, 3.8) is 0 Å². The Morgan fingerprint density at radius 2 is 1.35 bits per heavy atom. The van der Waals surface area contributed by atoms with Crippen molar-refractivity contribution >= 4 is 22.2 Å². The SMILES string of the molecule is FC(F)(F)c1ccncc1Br.O=Cc1cnccc1C(F)(F)F. The molecule has 0 amide bonds. The summed E-state index contributed by atoms with van der Waals surface area (Å²) in [6.45, 7) is 0. The molecule has 0 saturated carbocycles. The minimum Gasteiger partial charge on any atom is -0.298 e. The normalized spacial score (nSPS) is 11.4. The Kier molecular flexibility index (Phi) is 6.25. The van der Waals surface area contributed by atoms with Crippen molar-refractivity contribution in [3.05, 3.63) is 58.1 Å². The minimum atomic E-state index is -4.49. The predicted octanol–water partition coefficient (Wildman–Crippen LogP) is 4.78. The van der Waals surface area contributed by atoms with Gasteiger partial charge in [-0.25, -0.2) is 0 Å². The third kappa shape index (κ3) is 5.62. The molecule has 0 atom stereocenters. The summed E-state index contributed by atoms with van der Waals surface area (Å²) in [5, 5.41) is 0. The highest BCUT2D eigenvalue weighted by Gasteiger charge is 2.33. The highest BCUT2D eigenvalue weighted by atomic mass is 79.9. The molecule has 0 spiro atoms. The first-order valence-electron chi connectivity index (χ1n) is 5.70. The van der Waals surface area contributed by atoms with E-state index in [1.165, 1.54) is 0 Å². The average molecular weight is 401 g/mol. The number of aromatic nitrogens is 2. The lowest BCUT2D eigenvalue weighted by molar-refractivity contribution is -0.138. The Morgan fingerprint density at radius 3 is 1.70 bits per heavy atom.